The molecule has 0 spiro atoms. The number of nitrogens with one attached hydrogen (secondary N) is 2. The van der Waals surface area contributed by atoms with Gasteiger partial charge in [-0.05, 0) is 32.6 Å². The van der Waals surface area contributed by atoms with Gasteiger partial charge in [-0.3, -0.25) is 4.79 Å². The summed E-state index contributed by atoms with van der Waals surface area (Å²) in [7, 11) is 0. The maximum Gasteiger partial charge on any atom is 0.315 e. The van der Waals surface area contributed by atoms with Crippen molar-refractivity contribution in [3.63, 3.8) is 0 Å². The first kappa shape index (κ1) is 14.8. The molecule has 6 nitrogen and oxygen atoms in total. The van der Waals surface area contributed by atoms with Gasteiger partial charge in [-0.1, -0.05) is 0 Å². The highest BCUT2D eigenvalue weighted by Gasteiger charge is 2.28. The fourth-order valence-electron chi connectivity index (χ4n) is 1.95. The second-order valence-electron chi connectivity index (χ2n) is 4.95. The number of carbonyl (C=O) groups excluding carboxylic acids is 1. The molecule has 1 rings (SSSR count). The first-order valence-corrected chi connectivity index (χ1v) is 6.37. The van der Waals surface area contributed by atoms with Gasteiger partial charge in [0.15, 0.2) is 0 Å². The number of urea groups is 1. The number of carboxylic acids is 1. The van der Waals surface area contributed by atoms with Gasteiger partial charge in [-0.25, -0.2) is 4.79 Å². The van der Waals surface area contributed by atoms with Crippen molar-refractivity contribution in [3.8, 4) is 0 Å². The lowest BCUT2D eigenvalue weighted by atomic mass is 9.95. The molecule has 18 heavy (non-hydrogen) atoms. The van der Waals surface area contributed by atoms with Gasteiger partial charge in [-0.15, -0.1) is 0 Å². The summed E-state index contributed by atoms with van der Waals surface area (Å²) in [6, 6.07) is -0.210. The van der Waals surface area contributed by atoms with Gasteiger partial charge in [0.25, 0.3) is 0 Å². The second-order valence-corrected chi connectivity index (χ2v) is 4.95. The van der Waals surface area contributed by atoms with Crippen molar-refractivity contribution in [1.82, 2.24) is 10.6 Å². The van der Waals surface area contributed by atoms with Crippen molar-refractivity contribution in [2.24, 2.45) is 0 Å². The fourth-order valence-corrected chi connectivity index (χ4v) is 1.95. The summed E-state index contributed by atoms with van der Waals surface area (Å²) in [6.07, 6.45) is 3.27. The molecule has 1 heterocycles. The molecule has 0 aliphatic carbocycles. The zero-order valence-corrected chi connectivity index (χ0v) is 10.8. The minimum Gasteiger partial charge on any atom is -0.481 e. The van der Waals surface area contributed by atoms with E-state index < -0.39 is 5.97 Å². The molecular formula is C12H22N2O4. The number of aliphatic carboxylic acids is 1. The predicted molar refractivity (Wildman–Crippen MR) is 66.5 cm³/mol. The molecule has 0 saturated carbocycles. The topological polar surface area (TPSA) is 87.7 Å². The van der Waals surface area contributed by atoms with Crippen LogP contribution >= 0.6 is 0 Å². The van der Waals surface area contributed by atoms with Crippen LogP contribution in [0.4, 0.5) is 4.79 Å². The van der Waals surface area contributed by atoms with Crippen LogP contribution in [0.25, 0.3) is 0 Å². The number of unbranched alkanes of at least 4 members (excludes halogenated alkanes) is 1. The zero-order chi connectivity index (χ0) is 13.4. The van der Waals surface area contributed by atoms with E-state index in [9.17, 15) is 9.59 Å². The SMILES string of the molecule is CC1(NC(=O)NCCCCC(=O)O)CCCOC1. The molecule has 0 bridgehead atoms. The standard InChI is InChI=1S/C12H22N2O4/c1-12(6-4-8-18-9-12)14-11(17)13-7-3-2-5-10(15)16/h2-9H2,1H3,(H,15,16)(H2,13,14,17). The van der Waals surface area contributed by atoms with Crippen LogP contribution in [0.1, 0.15) is 39.0 Å². The Bertz CT molecular complexity index is 288. The third-order valence-electron chi connectivity index (χ3n) is 2.96. The van der Waals surface area contributed by atoms with E-state index in [2.05, 4.69) is 10.6 Å². The molecule has 0 radical (unpaired) electrons. The predicted octanol–water partition coefficient (Wildman–Crippen LogP) is 1.11. The highest BCUT2D eigenvalue weighted by atomic mass is 16.5. The molecule has 1 aliphatic heterocycles. The van der Waals surface area contributed by atoms with Crippen LogP contribution < -0.4 is 10.6 Å². The van der Waals surface area contributed by atoms with Gasteiger partial charge >= 0.3 is 12.0 Å². The first-order valence-electron chi connectivity index (χ1n) is 6.37. The number of carboxylic acid groups (broad SMARTS) is 1. The molecule has 1 saturated heterocycles. The lowest BCUT2D eigenvalue weighted by molar-refractivity contribution is -0.137. The van der Waals surface area contributed by atoms with Gasteiger partial charge in [-0.2, -0.15) is 0 Å². The van der Waals surface area contributed by atoms with Crippen molar-refractivity contribution in [2.75, 3.05) is 19.8 Å². The van der Waals surface area contributed by atoms with Gasteiger partial charge in [0.2, 0.25) is 0 Å². The quantitative estimate of drug-likeness (QED) is 0.623. The minimum absolute atomic E-state index is 0.148. The lowest BCUT2D eigenvalue weighted by Gasteiger charge is -2.34. The van der Waals surface area contributed by atoms with Crippen LogP contribution in [0.3, 0.4) is 0 Å². The maximum atomic E-state index is 11.6. The Morgan fingerprint density at radius 3 is 2.78 bits per heavy atom. The minimum atomic E-state index is -0.800. The van der Waals surface area contributed by atoms with E-state index in [-0.39, 0.29) is 18.0 Å². The monoisotopic (exact) mass is 258 g/mol. The number of hydrogen-bond acceptors (Lipinski definition) is 3. The molecule has 3 N–H and O–H groups in total. The highest BCUT2D eigenvalue weighted by molar-refractivity contribution is 5.74. The van der Waals surface area contributed by atoms with Crippen molar-refractivity contribution in [1.29, 1.82) is 0 Å². The molecule has 0 aromatic carbocycles. The van der Waals surface area contributed by atoms with Crippen LogP contribution in [0.5, 0.6) is 0 Å². The van der Waals surface area contributed by atoms with Crippen LogP contribution in [-0.4, -0.2) is 42.4 Å². The Hall–Kier alpha value is -1.30. The van der Waals surface area contributed by atoms with Crippen molar-refractivity contribution in [2.45, 2.75) is 44.6 Å². The van der Waals surface area contributed by atoms with Gasteiger partial charge in [0.05, 0.1) is 12.1 Å². The van der Waals surface area contributed by atoms with Gasteiger partial charge in [0.1, 0.15) is 0 Å². The number of carbonyl (C=O) groups is 2. The van der Waals surface area contributed by atoms with E-state index >= 15 is 0 Å². The average molecular weight is 258 g/mol. The summed E-state index contributed by atoms with van der Waals surface area (Å²) >= 11 is 0. The summed E-state index contributed by atoms with van der Waals surface area (Å²) < 4.78 is 5.35. The molecule has 0 aromatic rings. The molecule has 2 amide bonds. The molecule has 1 aliphatic rings. The smallest absolute Gasteiger partial charge is 0.315 e. The van der Waals surface area contributed by atoms with Crippen molar-refractivity contribution < 1.29 is 19.4 Å². The number of ether oxygens (including phenoxy) is 1. The third-order valence-corrected chi connectivity index (χ3v) is 2.96. The summed E-state index contributed by atoms with van der Waals surface area (Å²) in [6.45, 7) is 3.76. The number of hydrogen-bond donors (Lipinski definition) is 3. The number of amides is 2. The molecule has 1 fully saturated rings. The van der Waals surface area contributed by atoms with Crippen LogP contribution in [0, 0.1) is 0 Å². The van der Waals surface area contributed by atoms with Crippen molar-refractivity contribution in [3.05, 3.63) is 0 Å². The molecule has 6 heteroatoms. The van der Waals surface area contributed by atoms with Gasteiger partial charge < -0.3 is 20.5 Å². The van der Waals surface area contributed by atoms with E-state index in [1.165, 1.54) is 0 Å². The normalized spacial score (nSPS) is 23.4. The zero-order valence-electron chi connectivity index (χ0n) is 10.8. The molecule has 1 atom stereocenters. The van der Waals surface area contributed by atoms with Crippen LogP contribution in [0.15, 0.2) is 0 Å². The third kappa shape index (κ3) is 5.86. The van der Waals surface area contributed by atoms with Crippen LogP contribution in [0.2, 0.25) is 0 Å². The van der Waals surface area contributed by atoms with Crippen molar-refractivity contribution >= 4 is 12.0 Å². The van der Waals surface area contributed by atoms with E-state index in [0.29, 0.717) is 26.0 Å². The molecule has 0 aromatic heterocycles. The van der Waals surface area contributed by atoms with E-state index in [1.807, 2.05) is 6.92 Å². The Labute approximate surface area is 107 Å². The summed E-state index contributed by atoms with van der Waals surface area (Å²) in [5.41, 5.74) is -0.288. The highest BCUT2D eigenvalue weighted by Crippen LogP contribution is 2.17. The lowest BCUT2D eigenvalue weighted by Crippen LogP contribution is -2.54. The van der Waals surface area contributed by atoms with Gasteiger partial charge in [0, 0.05) is 19.6 Å². The maximum absolute atomic E-state index is 11.6. The first-order chi connectivity index (χ1) is 8.52. The molecule has 104 valence electrons. The van der Waals surface area contributed by atoms with E-state index in [0.717, 1.165) is 19.4 Å². The summed E-state index contributed by atoms with van der Waals surface area (Å²) in [5, 5.41) is 14.1. The average Bonchev–Trinajstić information content (AvgIpc) is 2.28. The van der Waals surface area contributed by atoms with E-state index in [4.69, 9.17) is 9.84 Å². The Kier molecular flexibility index (Phi) is 5.91. The Morgan fingerprint density at radius 1 is 1.39 bits per heavy atom. The summed E-state index contributed by atoms with van der Waals surface area (Å²) in [5.74, 6) is -0.800. The molecular weight excluding hydrogens is 236 g/mol. The van der Waals surface area contributed by atoms with E-state index in [1.54, 1.807) is 0 Å². The Balaban J connectivity index is 2.11. The number of rotatable bonds is 6. The largest absolute Gasteiger partial charge is 0.481 e. The second kappa shape index (κ2) is 7.20. The summed E-state index contributed by atoms with van der Waals surface area (Å²) in [4.78, 5) is 21.9. The fraction of sp³-hybridized carbons (Fsp3) is 0.833. The van der Waals surface area contributed by atoms with Crippen LogP contribution in [-0.2, 0) is 9.53 Å². The Morgan fingerprint density at radius 2 is 2.17 bits per heavy atom. The molecule has 1 unspecified atom stereocenters.